The molecule has 1 aromatic rings. The van der Waals surface area contributed by atoms with Gasteiger partial charge in [0.25, 0.3) is 0 Å². The summed E-state index contributed by atoms with van der Waals surface area (Å²) in [6.45, 7) is 0.492. The number of rotatable bonds is 2. The summed E-state index contributed by atoms with van der Waals surface area (Å²) < 4.78 is 5.33. The van der Waals surface area contributed by atoms with Crippen LogP contribution in [0.1, 0.15) is 17.9 Å². The molecule has 68 valence electrons. The van der Waals surface area contributed by atoms with Crippen molar-refractivity contribution < 1.29 is 14.6 Å². The van der Waals surface area contributed by atoms with Crippen molar-refractivity contribution in [2.45, 2.75) is 12.3 Å². The maximum absolute atomic E-state index is 10.3. The first-order valence-corrected chi connectivity index (χ1v) is 4.21. The van der Waals surface area contributed by atoms with Crippen molar-refractivity contribution in [1.29, 1.82) is 0 Å². The molecule has 1 aliphatic heterocycles. The summed E-state index contributed by atoms with van der Waals surface area (Å²) in [5.41, 5.74) is 0.773. The second-order valence-electron chi connectivity index (χ2n) is 3.10. The Balaban J connectivity index is 2.39. The fraction of sp³-hybridized carbons (Fsp3) is 0.300. The van der Waals surface area contributed by atoms with E-state index in [-0.39, 0.29) is 11.7 Å². The highest BCUT2D eigenvalue weighted by atomic mass is 16.5. The predicted molar refractivity (Wildman–Crippen MR) is 47.0 cm³/mol. The molecule has 1 unspecified atom stereocenters. The largest absolute Gasteiger partial charge is 0.508 e. The monoisotopic (exact) mass is 178 g/mol. The van der Waals surface area contributed by atoms with Crippen LogP contribution in [-0.2, 0) is 4.79 Å². The third-order valence-corrected chi connectivity index (χ3v) is 2.27. The molecule has 0 saturated carbocycles. The molecule has 3 nitrogen and oxygen atoms in total. The fourth-order valence-electron chi connectivity index (χ4n) is 1.64. The SMILES string of the molecule is O=CCC1COc2cccc(O)c21. The van der Waals surface area contributed by atoms with Crippen LogP contribution >= 0.6 is 0 Å². The van der Waals surface area contributed by atoms with Crippen molar-refractivity contribution in [3.63, 3.8) is 0 Å². The molecule has 1 N–H and O–H groups in total. The average molecular weight is 178 g/mol. The summed E-state index contributed by atoms with van der Waals surface area (Å²) in [6.07, 6.45) is 1.26. The topological polar surface area (TPSA) is 46.5 Å². The van der Waals surface area contributed by atoms with E-state index in [0.29, 0.717) is 18.8 Å². The number of carbonyl (C=O) groups is 1. The summed E-state index contributed by atoms with van der Waals surface area (Å²) in [7, 11) is 0. The molecule has 0 bridgehead atoms. The number of aldehydes is 1. The number of ether oxygens (including phenoxy) is 1. The quantitative estimate of drug-likeness (QED) is 0.697. The zero-order valence-corrected chi connectivity index (χ0v) is 7.06. The zero-order valence-electron chi connectivity index (χ0n) is 7.06. The van der Waals surface area contributed by atoms with Crippen LogP contribution in [0.2, 0.25) is 0 Å². The van der Waals surface area contributed by atoms with E-state index in [1.165, 1.54) is 0 Å². The lowest BCUT2D eigenvalue weighted by atomic mass is 9.98. The molecule has 1 aromatic carbocycles. The van der Waals surface area contributed by atoms with Crippen molar-refractivity contribution in [2.75, 3.05) is 6.61 Å². The van der Waals surface area contributed by atoms with E-state index < -0.39 is 0 Å². The van der Waals surface area contributed by atoms with Crippen molar-refractivity contribution >= 4 is 6.29 Å². The molecule has 1 aliphatic rings. The smallest absolute Gasteiger partial charge is 0.126 e. The molecule has 0 amide bonds. The van der Waals surface area contributed by atoms with Gasteiger partial charge in [-0.05, 0) is 12.1 Å². The lowest BCUT2D eigenvalue weighted by molar-refractivity contribution is -0.108. The molecule has 0 aromatic heterocycles. The minimum atomic E-state index is 0.0219. The highest BCUT2D eigenvalue weighted by Gasteiger charge is 2.26. The van der Waals surface area contributed by atoms with Crippen molar-refractivity contribution in [2.24, 2.45) is 0 Å². The Hall–Kier alpha value is -1.51. The highest BCUT2D eigenvalue weighted by Crippen LogP contribution is 2.40. The molecular formula is C10H10O3. The molecule has 3 heteroatoms. The van der Waals surface area contributed by atoms with E-state index in [1.54, 1.807) is 18.2 Å². The van der Waals surface area contributed by atoms with Gasteiger partial charge in [0.15, 0.2) is 0 Å². The Labute approximate surface area is 76.0 Å². The van der Waals surface area contributed by atoms with E-state index in [2.05, 4.69) is 0 Å². The minimum absolute atomic E-state index is 0.0219. The van der Waals surface area contributed by atoms with E-state index in [1.807, 2.05) is 0 Å². The van der Waals surface area contributed by atoms with Gasteiger partial charge >= 0.3 is 0 Å². The predicted octanol–water partition coefficient (Wildman–Crippen LogP) is 1.46. The molecule has 0 aliphatic carbocycles. The van der Waals surface area contributed by atoms with E-state index in [4.69, 9.17) is 4.74 Å². The summed E-state index contributed by atoms with van der Waals surface area (Å²) in [4.78, 5) is 10.3. The third kappa shape index (κ3) is 1.26. The standard InChI is InChI=1S/C10H10O3/c11-5-4-7-6-13-9-3-1-2-8(12)10(7)9/h1-3,5,7,12H,4,6H2. The number of aromatic hydroxyl groups is 1. The molecule has 0 saturated heterocycles. The van der Waals surface area contributed by atoms with Crippen LogP contribution < -0.4 is 4.74 Å². The lowest BCUT2D eigenvalue weighted by Crippen LogP contribution is -2.00. The summed E-state index contributed by atoms with van der Waals surface area (Å²) in [6, 6.07) is 5.16. The van der Waals surface area contributed by atoms with Crippen molar-refractivity contribution in [3.8, 4) is 11.5 Å². The summed E-state index contributed by atoms with van der Waals surface area (Å²) in [5, 5.41) is 9.53. The summed E-state index contributed by atoms with van der Waals surface area (Å²) in [5.74, 6) is 0.947. The second-order valence-corrected chi connectivity index (χ2v) is 3.10. The average Bonchev–Trinajstić information content (AvgIpc) is 2.51. The Morgan fingerprint density at radius 1 is 1.62 bits per heavy atom. The van der Waals surface area contributed by atoms with E-state index >= 15 is 0 Å². The molecule has 1 heterocycles. The van der Waals surface area contributed by atoms with Gasteiger partial charge in [-0.25, -0.2) is 0 Å². The van der Waals surface area contributed by atoms with Crippen LogP contribution in [0.15, 0.2) is 18.2 Å². The van der Waals surface area contributed by atoms with Crippen LogP contribution in [0.5, 0.6) is 11.5 Å². The van der Waals surface area contributed by atoms with E-state index in [9.17, 15) is 9.90 Å². The molecule has 0 spiro atoms. The van der Waals surface area contributed by atoms with Gasteiger partial charge in [-0.1, -0.05) is 6.07 Å². The Kier molecular flexibility index (Phi) is 1.93. The minimum Gasteiger partial charge on any atom is -0.508 e. The number of phenolic OH excluding ortho intramolecular Hbond substituents is 1. The first-order valence-electron chi connectivity index (χ1n) is 4.21. The number of benzene rings is 1. The van der Waals surface area contributed by atoms with Gasteiger partial charge in [0.05, 0.1) is 6.61 Å². The molecule has 2 rings (SSSR count). The Morgan fingerprint density at radius 3 is 3.23 bits per heavy atom. The lowest BCUT2D eigenvalue weighted by Gasteiger charge is -2.04. The molecule has 0 radical (unpaired) electrons. The van der Waals surface area contributed by atoms with Crippen LogP contribution in [-0.4, -0.2) is 18.0 Å². The molecule has 13 heavy (non-hydrogen) atoms. The van der Waals surface area contributed by atoms with Crippen LogP contribution in [0.4, 0.5) is 0 Å². The normalized spacial score (nSPS) is 19.2. The first kappa shape index (κ1) is 8.10. The van der Waals surface area contributed by atoms with Gasteiger partial charge in [0, 0.05) is 17.9 Å². The molecular weight excluding hydrogens is 168 g/mol. The van der Waals surface area contributed by atoms with E-state index in [0.717, 1.165) is 11.8 Å². The van der Waals surface area contributed by atoms with Gasteiger partial charge in [-0.15, -0.1) is 0 Å². The zero-order chi connectivity index (χ0) is 9.26. The number of fused-ring (bicyclic) bond motifs is 1. The Bertz CT molecular complexity index is 333. The third-order valence-electron chi connectivity index (χ3n) is 2.27. The summed E-state index contributed by atoms with van der Waals surface area (Å²) >= 11 is 0. The number of carbonyl (C=O) groups excluding carboxylic acids is 1. The Morgan fingerprint density at radius 2 is 2.46 bits per heavy atom. The van der Waals surface area contributed by atoms with Crippen LogP contribution in [0.3, 0.4) is 0 Å². The molecule has 1 atom stereocenters. The number of phenols is 1. The van der Waals surface area contributed by atoms with Gasteiger partial charge in [0.1, 0.15) is 17.8 Å². The maximum Gasteiger partial charge on any atom is 0.126 e. The number of hydrogen-bond donors (Lipinski definition) is 1. The number of hydrogen-bond acceptors (Lipinski definition) is 3. The highest BCUT2D eigenvalue weighted by molar-refractivity contribution is 5.56. The van der Waals surface area contributed by atoms with Gasteiger partial charge < -0.3 is 14.6 Å². The van der Waals surface area contributed by atoms with Crippen LogP contribution in [0.25, 0.3) is 0 Å². The van der Waals surface area contributed by atoms with Crippen LogP contribution in [0, 0.1) is 0 Å². The van der Waals surface area contributed by atoms with Gasteiger partial charge in [-0.3, -0.25) is 0 Å². The van der Waals surface area contributed by atoms with Crippen molar-refractivity contribution in [1.82, 2.24) is 0 Å². The maximum atomic E-state index is 10.3. The first-order chi connectivity index (χ1) is 6.33. The molecule has 0 fully saturated rings. The van der Waals surface area contributed by atoms with Gasteiger partial charge in [-0.2, -0.15) is 0 Å². The fourth-order valence-corrected chi connectivity index (χ4v) is 1.64. The van der Waals surface area contributed by atoms with Crippen molar-refractivity contribution in [3.05, 3.63) is 23.8 Å². The second kappa shape index (κ2) is 3.09. The van der Waals surface area contributed by atoms with Gasteiger partial charge in [0.2, 0.25) is 0 Å².